The Hall–Kier alpha value is -1.55. The highest BCUT2D eigenvalue weighted by Crippen LogP contribution is 2.27. The van der Waals surface area contributed by atoms with E-state index in [1.165, 1.54) is 5.56 Å². The average Bonchev–Trinajstić information content (AvgIpc) is 2.45. The molecule has 116 valence electrons. The lowest BCUT2D eigenvalue weighted by molar-refractivity contribution is 0.167. The fraction of sp³-hybridized carbons (Fsp3) is 0.588. The van der Waals surface area contributed by atoms with Gasteiger partial charge in [-0.05, 0) is 17.4 Å². The van der Waals surface area contributed by atoms with Gasteiger partial charge >= 0.3 is 6.03 Å². The Bertz CT molecular complexity index is 467. The zero-order valence-electron chi connectivity index (χ0n) is 13.3. The molecule has 4 heteroatoms. The first kappa shape index (κ1) is 15.8. The standard InChI is InChI=1S/C17H27N3O/c1-17(2,3)12-19-15-9-14(10-20(11-15)16(18)21)13-7-5-4-6-8-13/h4-8,14-15,19H,9-12H2,1-3H3,(H2,18,21). The normalized spacial score (nSPS) is 23.1. The van der Waals surface area contributed by atoms with Gasteiger partial charge in [0.2, 0.25) is 0 Å². The lowest BCUT2D eigenvalue weighted by atomic mass is 9.87. The van der Waals surface area contributed by atoms with E-state index in [4.69, 9.17) is 5.73 Å². The Morgan fingerprint density at radius 2 is 1.95 bits per heavy atom. The van der Waals surface area contributed by atoms with Crippen molar-refractivity contribution in [2.24, 2.45) is 11.1 Å². The highest BCUT2D eigenvalue weighted by Gasteiger charge is 2.30. The number of carbonyl (C=O) groups excluding carboxylic acids is 1. The molecule has 1 aliphatic heterocycles. The number of benzene rings is 1. The predicted molar refractivity (Wildman–Crippen MR) is 86.2 cm³/mol. The first-order chi connectivity index (χ1) is 9.85. The zero-order chi connectivity index (χ0) is 15.5. The number of hydrogen-bond donors (Lipinski definition) is 2. The number of amides is 2. The van der Waals surface area contributed by atoms with Crippen LogP contribution in [0.25, 0.3) is 0 Å². The second-order valence-corrected chi connectivity index (χ2v) is 7.23. The summed E-state index contributed by atoms with van der Waals surface area (Å²) in [7, 11) is 0. The molecule has 2 rings (SSSR count). The van der Waals surface area contributed by atoms with Gasteiger partial charge in [-0.15, -0.1) is 0 Å². The molecule has 4 nitrogen and oxygen atoms in total. The molecular weight excluding hydrogens is 262 g/mol. The minimum absolute atomic E-state index is 0.233. The van der Waals surface area contributed by atoms with Gasteiger partial charge in [0.25, 0.3) is 0 Å². The third-order valence-electron chi connectivity index (χ3n) is 3.95. The van der Waals surface area contributed by atoms with Crippen LogP contribution < -0.4 is 11.1 Å². The van der Waals surface area contributed by atoms with Crippen molar-refractivity contribution >= 4 is 6.03 Å². The van der Waals surface area contributed by atoms with Crippen LogP contribution in [0, 0.1) is 5.41 Å². The lowest BCUT2D eigenvalue weighted by Gasteiger charge is -2.38. The van der Waals surface area contributed by atoms with Gasteiger partial charge in [0, 0.05) is 31.6 Å². The van der Waals surface area contributed by atoms with Gasteiger partial charge in [0.05, 0.1) is 0 Å². The van der Waals surface area contributed by atoms with Gasteiger partial charge in [-0.1, -0.05) is 51.1 Å². The van der Waals surface area contributed by atoms with Gasteiger partial charge in [0.15, 0.2) is 0 Å². The summed E-state index contributed by atoms with van der Waals surface area (Å²) in [5.74, 6) is 0.352. The maximum atomic E-state index is 11.6. The minimum atomic E-state index is -0.321. The number of nitrogens with one attached hydrogen (secondary N) is 1. The van der Waals surface area contributed by atoms with Gasteiger partial charge in [-0.25, -0.2) is 4.79 Å². The van der Waals surface area contributed by atoms with Crippen molar-refractivity contribution in [3.63, 3.8) is 0 Å². The summed E-state index contributed by atoms with van der Waals surface area (Å²) in [6.07, 6.45) is 1.05. The molecule has 2 amide bonds. The molecule has 0 radical (unpaired) electrons. The van der Waals surface area contributed by atoms with Crippen LogP contribution in [0.3, 0.4) is 0 Å². The molecule has 3 N–H and O–H groups in total. The van der Waals surface area contributed by atoms with Crippen LogP contribution in [0.1, 0.15) is 38.7 Å². The summed E-state index contributed by atoms with van der Waals surface area (Å²) >= 11 is 0. The molecule has 1 aromatic rings. The van der Waals surface area contributed by atoms with Crippen molar-refractivity contribution in [3.05, 3.63) is 35.9 Å². The second-order valence-electron chi connectivity index (χ2n) is 7.23. The van der Waals surface area contributed by atoms with Crippen molar-refractivity contribution in [3.8, 4) is 0 Å². The monoisotopic (exact) mass is 289 g/mol. The predicted octanol–water partition coefficient (Wildman–Crippen LogP) is 2.56. The Labute approximate surface area is 127 Å². The minimum Gasteiger partial charge on any atom is -0.351 e. The van der Waals surface area contributed by atoms with E-state index in [1.807, 2.05) is 6.07 Å². The summed E-state index contributed by atoms with van der Waals surface area (Å²) in [4.78, 5) is 13.4. The highest BCUT2D eigenvalue weighted by atomic mass is 16.2. The SMILES string of the molecule is CC(C)(C)CNC1CC(c2ccccc2)CN(C(N)=O)C1. The topological polar surface area (TPSA) is 58.4 Å². The van der Waals surface area contributed by atoms with Crippen LogP contribution in [0.15, 0.2) is 30.3 Å². The molecule has 1 fully saturated rings. The number of urea groups is 1. The van der Waals surface area contributed by atoms with E-state index in [9.17, 15) is 4.79 Å². The molecule has 2 atom stereocenters. The van der Waals surface area contributed by atoms with E-state index in [0.29, 0.717) is 25.0 Å². The summed E-state index contributed by atoms with van der Waals surface area (Å²) in [6, 6.07) is 10.4. The van der Waals surface area contributed by atoms with E-state index in [0.717, 1.165) is 13.0 Å². The van der Waals surface area contributed by atoms with E-state index in [-0.39, 0.29) is 11.4 Å². The molecule has 2 unspecified atom stereocenters. The Balaban J connectivity index is 2.07. The second kappa shape index (κ2) is 6.48. The average molecular weight is 289 g/mol. The van der Waals surface area contributed by atoms with Crippen LogP contribution in [0.5, 0.6) is 0 Å². The van der Waals surface area contributed by atoms with Gasteiger partial charge < -0.3 is 16.0 Å². The summed E-state index contributed by atoms with van der Waals surface area (Å²) < 4.78 is 0. The first-order valence-electron chi connectivity index (χ1n) is 7.68. The van der Waals surface area contributed by atoms with Crippen LogP contribution in [-0.4, -0.2) is 36.6 Å². The van der Waals surface area contributed by atoms with E-state index < -0.39 is 0 Å². The number of rotatable bonds is 3. The van der Waals surface area contributed by atoms with Crippen molar-refractivity contribution < 1.29 is 4.79 Å². The molecule has 1 heterocycles. The van der Waals surface area contributed by atoms with Crippen molar-refractivity contribution in [1.29, 1.82) is 0 Å². The smallest absolute Gasteiger partial charge is 0.314 e. The zero-order valence-corrected chi connectivity index (χ0v) is 13.3. The number of likely N-dealkylation sites (tertiary alicyclic amines) is 1. The maximum absolute atomic E-state index is 11.6. The van der Waals surface area contributed by atoms with Crippen LogP contribution in [-0.2, 0) is 0 Å². The Kier molecular flexibility index (Phi) is 4.88. The van der Waals surface area contributed by atoms with E-state index in [1.54, 1.807) is 4.90 Å². The van der Waals surface area contributed by atoms with Crippen LogP contribution in [0.4, 0.5) is 4.79 Å². The fourth-order valence-corrected chi connectivity index (χ4v) is 2.84. The fourth-order valence-electron chi connectivity index (χ4n) is 2.84. The number of piperidine rings is 1. The van der Waals surface area contributed by atoms with Gasteiger partial charge in [-0.2, -0.15) is 0 Å². The molecule has 0 saturated carbocycles. The number of primary amides is 1. The summed E-state index contributed by atoms with van der Waals surface area (Å²) in [6.45, 7) is 8.99. The first-order valence-corrected chi connectivity index (χ1v) is 7.68. The van der Waals surface area contributed by atoms with Gasteiger partial charge in [-0.3, -0.25) is 0 Å². The largest absolute Gasteiger partial charge is 0.351 e. The maximum Gasteiger partial charge on any atom is 0.314 e. The van der Waals surface area contributed by atoms with Crippen molar-refractivity contribution in [2.45, 2.75) is 39.2 Å². The molecule has 1 aromatic carbocycles. The van der Waals surface area contributed by atoms with E-state index >= 15 is 0 Å². The summed E-state index contributed by atoms with van der Waals surface area (Å²) in [5, 5.41) is 3.60. The molecular formula is C17H27N3O. The molecule has 0 aliphatic carbocycles. The van der Waals surface area contributed by atoms with E-state index in [2.05, 4.69) is 50.4 Å². The van der Waals surface area contributed by atoms with Crippen molar-refractivity contribution in [1.82, 2.24) is 10.2 Å². The Morgan fingerprint density at radius 3 is 2.52 bits per heavy atom. The molecule has 0 bridgehead atoms. The third-order valence-corrected chi connectivity index (χ3v) is 3.95. The number of hydrogen-bond acceptors (Lipinski definition) is 2. The molecule has 1 aliphatic rings. The quantitative estimate of drug-likeness (QED) is 0.898. The van der Waals surface area contributed by atoms with Crippen molar-refractivity contribution in [2.75, 3.05) is 19.6 Å². The Morgan fingerprint density at radius 1 is 1.29 bits per heavy atom. The molecule has 0 spiro atoms. The highest BCUT2D eigenvalue weighted by molar-refractivity contribution is 5.72. The molecule has 0 aromatic heterocycles. The lowest BCUT2D eigenvalue weighted by Crippen LogP contribution is -2.53. The molecule has 1 saturated heterocycles. The molecule has 21 heavy (non-hydrogen) atoms. The third kappa shape index (κ3) is 4.74. The van der Waals surface area contributed by atoms with Crippen LogP contribution >= 0.6 is 0 Å². The number of nitrogens with two attached hydrogens (primary N) is 1. The number of carbonyl (C=O) groups is 1. The van der Waals surface area contributed by atoms with Gasteiger partial charge in [0.1, 0.15) is 0 Å². The van der Waals surface area contributed by atoms with Crippen LogP contribution in [0.2, 0.25) is 0 Å². The summed E-state index contributed by atoms with van der Waals surface area (Å²) in [5.41, 5.74) is 7.03. The number of nitrogens with zero attached hydrogens (tertiary/aromatic N) is 1.